The number of hydrogen-bond acceptors (Lipinski definition) is 3. The maximum atomic E-state index is 8.53. The van der Waals surface area contributed by atoms with Crippen LogP contribution in [-0.2, 0) is 6.54 Å². The topological polar surface area (TPSA) is 49.0 Å². The van der Waals surface area contributed by atoms with Crippen LogP contribution in [0.25, 0.3) is 0 Å². The lowest BCUT2D eigenvalue weighted by Crippen LogP contribution is -1.90. The number of nitrogens with zero attached hydrogens (tertiary/aromatic N) is 3. The summed E-state index contributed by atoms with van der Waals surface area (Å²) >= 11 is 0. The molecule has 11 heavy (non-hydrogen) atoms. The van der Waals surface area contributed by atoms with Gasteiger partial charge in [0.15, 0.2) is 0 Å². The van der Waals surface area contributed by atoms with E-state index in [9.17, 15) is 0 Å². The average molecular weight is 143 g/mol. The number of hydrogen-bond donors (Lipinski definition) is 0. The Morgan fingerprint density at radius 3 is 3.27 bits per heavy atom. The van der Waals surface area contributed by atoms with E-state index in [1.54, 1.807) is 18.5 Å². The molecule has 0 spiro atoms. The molecule has 0 aliphatic carbocycles. The van der Waals surface area contributed by atoms with Crippen molar-refractivity contribution in [2.45, 2.75) is 6.54 Å². The van der Waals surface area contributed by atoms with Gasteiger partial charge in [-0.1, -0.05) is 0 Å². The average Bonchev–Trinajstić information content (AvgIpc) is 2.50. The molecule has 2 rings (SSSR count). The highest BCUT2D eigenvalue weighted by molar-refractivity contribution is 5.83. The molecule has 0 unspecified atom stereocenters. The zero-order valence-corrected chi connectivity index (χ0v) is 5.78. The molecule has 52 valence electrons. The van der Waals surface area contributed by atoms with Gasteiger partial charge in [0.25, 0.3) is 0 Å². The van der Waals surface area contributed by atoms with Crippen LogP contribution in [0.1, 0.15) is 16.8 Å². The van der Waals surface area contributed by atoms with Gasteiger partial charge in [-0.05, 0) is 6.07 Å². The van der Waals surface area contributed by atoms with E-state index in [1.165, 1.54) is 0 Å². The fourth-order valence-corrected chi connectivity index (χ4v) is 1.05. The maximum Gasteiger partial charge on any atom is 0.101 e. The monoisotopic (exact) mass is 143 g/mol. The number of fused-ring (bicyclic) bond motifs is 1. The summed E-state index contributed by atoms with van der Waals surface area (Å²) in [6, 6.07) is 3.84. The van der Waals surface area contributed by atoms with Crippen molar-refractivity contribution in [1.82, 2.24) is 4.98 Å². The molecule has 0 atom stereocenters. The van der Waals surface area contributed by atoms with Crippen molar-refractivity contribution in [1.29, 1.82) is 5.26 Å². The van der Waals surface area contributed by atoms with Crippen molar-refractivity contribution in [3.05, 3.63) is 29.1 Å². The van der Waals surface area contributed by atoms with Crippen LogP contribution in [0.15, 0.2) is 17.3 Å². The minimum absolute atomic E-state index is 0.595. The first-order valence-corrected chi connectivity index (χ1v) is 3.29. The summed E-state index contributed by atoms with van der Waals surface area (Å²) in [5.74, 6) is 0. The van der Waals surface area contributed by atoms with Gasteiger partial charge in [0.2, 0.25) is 0 Å². The van der Waals surface area contributed by atoms with Gasteiger partial charge in [0, 0.05) is 18.0 Å². The molecule has 0 saturated heterocycles. The van der Waals surface area contributed by atoms with Gasteiger partial charge in [-0.15, -0.1) is 0 Å². The Kier molecular flexibility index (Phi) is 1.19. The van der Waals surface area contributed by atoms with Crippen LogP contribution in [0.4, 0.5) is 0 Å². The van der Waals surface area contributed by atoms with Crippen LogP contribution in [-0.4, -0.2) is 11.2 Å². The minimum atomic E-state index is 0.595. The molecule has 1 aliphatic heterocycles. The van der Waals surface area contributed by atoms with E-state index < -0.39 is 0 Å². The van der Waals surface area contributed by atoms with Crippen molar-refractivity contribution in [2.24, 2.45) is 4.99 Å². The molecule has 1 aromatic heterocycles. The fraction of sp³-hybridized carbons (Fsp3) is 0.125. The van der Waals surface area contributed by atoms with Gasteiger partial charge in [-0.2, -0.15) is 5.26 Å². The lowest BCUT2D eigenvalue weighted by atomic mass is 10.2. The molecular formula is C8H5N3. The molecule has 0 saturated carbocycles. The van der Waals surface area contributed by atoms with Gasteiger partial charge >= 0.3 is 0 Å². The Bertz CT molecular complexity index is 360. The summed E-state index contributed by atoms with van der Waals surface area (Å²) < 4.78 is 0. The molecule has 3 nitrogen and oxygen atoms in total. The molecule has 2 heterocycles. The van der Waals surface area contributed by atoms with Gasteiger partial charge in [0.1, 0.15) is 6.07 Å². The third kappa shape index (κ3) is 0.887. The van der Waals surface area contributed by atoms with Gasteiger partial charge in [0.05, 0.1) is 17.8 Å². The number of aliphatic imine (C=N–C) groups is 1. The highest BCUT2D eigenvalue weighted by atomic mass is 14.8. The smallest absolute Gasteiger partial charge is 0.101 e. The molecule has 1 aromatic rings. The van der Waals surface area contributed by atoms with E-state index in [2.05, 4.69) is 9.98 Å². The number of nitriles is 1. The molecular weight excluding hydrogens is 138 g/mol. The van der Waals surface area contributed by atoms with Crippen LogP contribution in [0.2, 0.25) is 0 Å². The molecule has 1 aliphatic rings. The second kappa shape index (κ2) is 2.17. The van der Waals surface area contributed by atoms with Crippen LogP contribution in [0.3, 0.4) is 0 Å². The summed E-state index contributed by atoms with van der Waals surface area (Å²) in [5.41, 5.74) is 2.53. The van der Waals surface area contributed by atoms with Crippen molar-refractivity contribution in [3.8, 4) is 6.07 Å². The van der Waals surface area contributed by atoms with Crippen LogP contribution in [0, 0.1) is 11.3 Å². The van der Waals surface area contributed by atoms with Gasteiger partial charge in [-0.25, -0.2) is 0 Å². The summed E-state index contributed by atoms with van der Waals surface area (Å²) in [6.45, 7) is 0.654. The summed E-state index contributed by atoms with van der Waals surface area (Å²) in [6.07, 6.45) is 3.33. The molecule has 0 bridgehead atoms. The van der Waals surface area contributed by atoms with Crippen molar-refractivity contribution in [2.75, 3.05) is 0 Å². The molecule has 0 radical (unpaired) electrons. The van der Waals surface area contributed by atoms with E-state index in [0.717, 1.165) is 11.3 Å². The predicted octanol–water partition coefficient (Wildman–Crippen LogP) is 0.886. The van der Waals surface area contributed by atoms with Crippen LogP contribution >= 0.6 is 0 Å². The minimum Gasteiger partial charge on any atom is -0.286 e. The second-order valence-corrected chi connectivity index (χ2v) is 2.34. The number of rotatable bonds is 0. The summed E-state index contributed by atoms with van der Waals surface area (Å²) in [5, 5.41) is 8.53. The van der Waals surface area contributed by atoms with Crippen molar-refractivity contribution in [3.63, 3.8) is 0 Å². The normalized spacial score (nSPS) is 12.6. The first-order valence-electron chi connectivity index (χ1n) is 3.29. The number of pyridine rings is 1. The molecule has 0 N–H and O–H groups in total. The Balaban J connectivity index is 2.58. The molecule has 3 heteroatoms. The highest BCUT2D eigenvalue weighted by Crippen LogP contribution is 2.12. The van der Waals surface area contributed by atoms with E-state index in [1.807, 2.05) is 6.07 Å². The van der Waals surface area contributed by atoms with Gasteiger partial charge in [-0.3, -0.25) is 9.98 Å². The Hall–Kier alpha value is -1.69. The lowest BCUT2D eigenvalue weighted by molar-refractivity contribution is 1.02. The van der Waals surface area contributed by atoms with E-state index in [0.29, 0.717) is 12.1 Å². The molecule has 0 aromatic carbocycles. The van der Waals surface area contributed by atoms with E-state index >= 15 is 0 Å². The van der Waals surface area contributed by atoms with Gasteiger partial charge < -0.3 is 0 Å². The largest absolute Gasteiger partial charge is 0.286 e. The first-order chi connectivity index (χ1) is 5.40. The first kappa shape index (κ1) is 6.05. The fourth-order valence-electron chi connectivity index (χ4n) is 1.05. The van der Waals surface area contributed by atoms with Crippen LogP contribution < -0.4 is 0 Å². The van der Waals surface area contributed by atoms with Crippen molar-refractivity contribution < 1.29 is 0 Å². The van der Waals surface area contributed by atoms with E-state index in [4.69, 9.17) is 5.26 Å². The third-order valence-electron chi connectivity index (χ3n) is 1.60. The number of aromatic nitrogens is 1. The zero-order valence-electron chi connectivity index (χ0n) is 5.78. The molecule has 0 amide bonds. The summed E-state index contributed by atoms with van der Waals surface area (Å²) in [7, 11) is 0. The SMILES string of the molecule is N#Cc1cnc2c(c1)C=NC2. The second-order valence-electron chi connectivity index (χ2n) is 2.34. The Morgan fingerprint density at radius 1 is 1.55 bits per heavy atom. The quantitative estimate of drug-likeness (QED) is 0.541. The van der Waals surface area contributed by atoms with E-state index in [-0.39, 0.29) is 0 Å². The summed E-state index contributed by atoms with van der Waals surface area (Å²) in [4.78, 5) is 8.11. The Morgan fingerprint density at radius 2 is 2.45 bits per heavy atom. The highest BCUT2D eigenvalue weighted by Gasteiger charge is 2.06. The van der Waals surface area contributed by atoms with Crippen molar-refractivity contribution >= 4 is 6.21 Å². The van der Waals surface area contributed by atoms with Crippen LogP contribution in [0.5, 0.6) is 0 Å². The molecule has 0 fully saturated rings. The third-order valence-corrected chi connectivity index (χ3v) is 1.60. The predicted molar refractivity (Wildman–Crippen MR) is 40.3 cm³/mol. The maximum absolute atomic E-state index is 8.53. The zero-order chi connectivity index (χ0) is 7.68. The Labute approximate surface area is 64.0 Å². The lowest BCUT2D eigenvalue weighted by Gasteiger charge is -1.93. The standard InChI is InChI=1S/C8H5N3/c9-2-6-1-7-4-10-5-8(7)11-3-6/h1,3-4H,5H2.